The highest BCUT2D eigenvalue weighted by Crippen LogP contribution is 2.46. The van der Waals surface area contributed by atoms with Crippen molar-refractivity contribution in [1.82, 2.24) is 20.1 Å². The maximum atomic E-state index is 14.2. The normalized spacial score (nSPS) is 14.8. The van der Waals surface area contributed by atoms with Crippen LogP contribution in [0.4, 0.5) is 16.0 Å². The van der Waals surface area contributed by atoms with Crippen LogP contribution in [-0.2, 0) is 6.42 Å². The van der Waals surface area contributed by atoms with E-state index in [4.69, 9.17) is 20.9 Å². The molecule has 5 rings (SSSR count). The van der Waals surface area contributed by atoms with Crippen LogP contribution in [0.1, 0.15) is 45.0 Å². The van der Waals surface area contributed by atoms with Crippen molar-refractivity contribution in [3.8, 4) is 17.2 Å². The first kappa shape index (κ1) is 19.8. The van der Waals surface area contributed by atoms with E-state index in [1.54, 1.807) is 12.1 Å². The van der Waals surface area contributed by atoms with Crippen LogP contribution in [0.2, 0.25) is 5.02 Å². The smallest absolute Gasteiger partial charge is 0.261 e. The molecule has 0 atom stereocenters. The Bertz CT molecular complexity index is 1290. The molecule has 4 aromatic rings. The number of fused-ring (bicyclic) bond motifs is 3. The summed E-state index contributed by atoms with van der Waals surface area (Å²) in [6.07, 6.45) is 0.667. The van der Waals surface area contributed by atoms with E-state index in [1.807, 2.05) is 33.8 Å². The predicted octanol–water partition coefficient (Wildman–Crippen LogP) is 5.99. The monoisotopic (exact) mass is 441 g/mol. The molecule has 2 N–H and O–H groups in total. The summed E-state index contributed by atoms with van der Waals surface area (Å²) in [5, 5.41) is 7.30. The maximum Gasteiger partial charge on any atom is 0.261 e. The second-order valence-corrected chi connectivity index (χ2v) is 8.99. The van der Waals surface area contributed by atoms with Crippen molar-refractivity contribution in [2.45, 2.75) is 45.6 Å². The van der Waals surface area contributed by atoms with Crippen LogP contribution in [0.25, 0.3) is 22.5 Å². The number of para-hydroxylation sites is 1. The molecule has 0 radical (unpaired) electrons. The van der Waals surface area contributed by atoms with Gasteiger partial charge in [-0.2, -0.15) is 4.98 Å². The number of nitrogens with zero attached hydrogens (tertiary/aromatic N) is 3. The van der Waals surface area contributed by atoms with Gasteiger partial charge >= 0.3 is 0 Å². The minimum absolute atomic E-state index is 0.137. The number of aromatic nitrogens is 4. The van der Waals surface area contributed by atoms with Crippen molar-refractivity contribution in [1.29, 1.82) is 0 Å². The van der Waals surface area contributed by atoms with Gasteiger partial charge in [-0.05, 0) is 32.0 Å². The van der Waals surface area contributed by atoms with Gasteiger partial charge in [-0.3, -0.25) is 0 Å². The van der Waals surface area contributed by atoms with Crippen molar-refractivity contribution in [2.75, 3.05) is 5.32 Å². The Kier molecular flexibility index (Phi) is 4.44. The highest BCUT2D eigenvalue weighted by Gasteiger charge is 2.36. The van der Waals surface area contributed by atoms with Crippen LogP contribution in [0, 0.1) is 5.82 Å². The summed E-state index contributed by atoms with van der Waals surface area (Å²) in [7, 11) is 0. The summed E-state index contributed by atoms with van der Waals surface area (Å²) in [6.45, 7) is 8.04. The summed E-state index contributed by atoms with van der Waals surface area (Å²) in [6, 6.07) is 6.35. The third-order valence-electron chi connectivity index (χ3n) is 5.21. The number of H-pyrrole nitrogens is 1. The van der Waals surface area contributed by atoms with E-state index < -0.39 is 11.4 Å². The minimum Gasteiger partial charge on any atom is -0.486 e. The summed E-state index contributed by atoms with van der Waals surface area (Å²) < 4.78 is 26.0. The van der Waals surface area contributed by atoms with E-state index in [-0.39, 0.29) is 16.6 Å². The van der Waals surface area contributed by atoms with Gasteiger partial charge in [-0.15, -0.1) is 0 Å². The second-order valence-electron chi connectivity index (χ2n) is 8.58. The number of anilines is 2. The molecule has 0 saturated heterocycles. The zero-order chi connectivity index (χ0) is 21.9. The standard InChI is InChI=1S/C22H21ClFN5O2/c1-10(2)19-28-20(31-29-19)11-8-15-16(12-9-22(3,4)30-18(11)12)26-21(25-15)27-17-13(23)6-5-7-14(17)24/h5-8,10H,9H2,1-4H3,(H2,25,26,27). The van der Waals surface area contributed by atoms with Crippen molar-refractivity contribution >= 4 is 34.3 Å². The van der Waals surface area contributed by atoms with Gasteiger partial charge in [0.05, 0.1) is 27.3 Å². The third-order valence-corrected chi connectivity index (χ3v) is 5.52. The van der Waals surface area contributed by atoms with E-state index in [2.05, 4.69) is 25.4 Å². The molecule has 31 heavy (non-hydrogen) atoms. The molecule has 9 heteroatoms. The van der Waals surface area contributed by atoms with Gasteiger partial charge in [-0.25, -0.2) is 9.37 Å². The molecule has 7 nitrogen and oxygen atoms in total. The van der Waals surface area contributed by atoms with Crippen LogP contribution >= 0.6 is 11.6 Å². The van der Waals surface area contributed by atoms with E-state index in [9.17, 15) is 4.39 Å². The van der Waals surface area contributed by atoms with Gasteiger partial charge < -0.3 is 19.6 Å². The topological polar surface area (TPSA) is 88.9 Å². The fourth-order valence-electron chi connectivity index (χ4n) is 3.76. The predicted molar refractivity (Wildman–Crippen MR) is 117 cm³/mol. The Labute approximate surface area is 183 Å². The molecule has 0 bridgehead atoms. The number of ether oxygens (including phenoxy) is 1. The summed E-state index contributed by atoms with van der Waals surface area (Å²) in [4.78, 5) is 12.4. The molecule has 0 spiro atoms. The Hall–Kier alpha value is -3.13. The molecular formula is C22H21ClFN5O2. The van der Waals surface area contributed by atoms with Gasteiger partial charge in [-0.1, -0.05) is 36.7 Å². The molecule has 0 fully saturated rings. The summed E-state index contributed by atoms with van der Waals surface area (Å²) >= 11 is 6.15. The quantitative estimate of drug-likeness (QED) is 0.404. The Balaban J connectivity index is 1.65. The third kappa shape index (κ3) is 3.40. The van der Waals surface area contributed by atoms with Crippen molar-refractivity contribution in [2.24, 2.45) is 0 Å². The first-order valence-corrected chi connectivity index (χ1v) is 10.4. The van der Waals surface area contributed by atoms with Crippen molar-refractivity contribution < 1.29 is 13.7 Å². The molecule has 3 heterocycles. The maximum absolute atomic E-state index is 14.2. The van der Waals surface area contributed by atoms with Gasteiger partial charge in [0.15, 0.2) is 5.82 Å². The number of aromatic amines is 1. The van der Waals surface area contributed by atoms with E-state index >= 15 is 0 Å². The zero-order valence-corrected chi connectivity index (χ0v) is 18.3. The lowest BCUT2D eigenvalue weighted by Gasteiger charge is -2.17. The van der Waals surface area contributed by atoms with Crippen LogP contribution in [0.15, 0.2) is 28.8 Å². The van der Waals surface area contributed by atoms with E-state index in [0.717, 1.165) is 11.1 Å². The van der Waals surface area contributed by atoms with E-state index in [1.165, 1.54) is 6.07 Å². The number of rotatable bonds is 4. The lowest BCUT2D eigenvalue weighted by atomic mass is 9.99. The fraction of sp³-hybridized carbons (Fsp3) is 0.318. The molecule has 1 aliphatic heterocycles. The summed E-state index contributed by atoms with van der Waals surface area (Å²) in [5.41, 5.74) is 2.89. The zero-order valence-electron chi connectivity index (χ0n) is 17.5. The molecular weight excluding hydrogens is 421 g/mol. The summed E-state index contributed by atoms with van der Waals surface area (Å²) in [5.74, 6) is 1.75. The number of hydrogen-bond donors (Lipinski definition) is 2. The molecule has 2 aromatic carbocycles. The highest BCUT2D eigenvalue weighted by molar-refractivity contribution is 6.33. The Morgan fingerprint density at radius 3 is 2.77 bits per heavy atom. The first-order valence-electron chi connectivity index (χ1n) is 10.0. The molecule has 0 aliphatic carbocycles. The fourth-order valence-corrected chi connectivity index (χ4v) is 3.97. The molecule has 1 aliphatic rings. The van der Waals surface area contributed by atoms with Gasteiger partial charge in [0.1, 0.15) is 17.2 Å². The number of hydrogen-bond acceptors (Lipinski definition) is 6. The molecule has 160 valence electrons. The van der Waals surface area contributed by atoms with Crippen LogP contribution < -0.4 is 10.1 Å². The van der Waals surface area contributed by atoms with Crippen LogP contribution in [-0.4, -0.2) is 25.7 Å². The lowest BCUT2D eigenvalue weighted by molar-refractivity contribution is 0.139. The number of benzene rings is 2. The van der Waals surface area contributed by atoms with Crippen LogP contribution in [0.5, 0.6) is 5.75 Å². The van der Waals surface area contributed by atoms with Crippen molar-refractivity contribution in [3.63, 3.8) is 0 Å². The van der Waals surface area contributed by atoms with Crippen LogP contribution in [0.3, 0.4) is 0 Å². The molecule has 0 unspecified atom stereocenters. The number of imidazole rings is 1. The minimum atomic E-state index is -0.463. The molecule has 0 amide bonds. The van der Waals surface area contributed by atoms with Gasteiger partial charge in [0.2, 0.25) is 5.95 Å². The average molecular weight is 442 g/mol. The Morgan fingerprint density at radius 1 is 1.26 bits per heavy atom. The Morgan fingerprint density at radius 2 is 2.06 bits per heavy atom. The van der Waals surface area contributed by atoms with Gasteiger partial charge in [0.25, 0.3) is 5.89 Å². The molecule has 0 saturated carbocycles. The van der Waals surface area contributed by atoms with Crippen molar-refractivity contribution in [3.05, 3.63) is 46.5 Å². The largest absolute Gasteiger partial charge is 0.486 e. The molecule has 2 aromatic heterocycles. The van der Waals surface area contributed by atoms with Gasteiger partial charge in [0, 0.05) is 17.9 Å². The van der Waals surface area contributed by atoms with E-state index in [0.29, 0.717) is 40.9 Å². The lowest BCUT2D eigenvalue weighted by Crippen LogP contribution is -2.24. The number of nitrogens with one attached hydrogen (secondary N) is 2. The highest BCUT2D eigenvalue weighted by atomic mass is 35.5. The average Bonchev–Trinajstić information content (AvgIpc) is 3.39. The SMILES string of the molecule is CC(C)c1noc(-c2cc3nc(Nc4c(F)cccc4Cl)[nH]c3c3c2OC(C)(C)C3)n1. The number of halogens is 2. The second kappa shape index (κ2) is 6.95. The first-order chi connectivity index (χ1) is 14.7.